The summed E-state index contributed by atoms with van der Waals surface area (Å²) >= 11 is 6.78. The third-order valence-electron chi connectivity index (χ3n) is 2.84. The summed E-state index contributed by atoms with van der Waals surface area (Å²) < 4.78 is 7.13. The fourth-order valence-corrected chi connectivity index (χ4v) is 2.89. The van der Waals surface area contributed by atoms with Crippen molar-refractivity contribution in [1.82, 2.24) is 0 Å². The van der Waals surface area contributed by atoms with E-state index in [0.717, 1.165) is 21.1 Å². The normalized spacial score (nSPS) is 10.4. The van der Waals surface area contributed by atoms with E-state index >= 15 is 0 Å². The molecule has 0 aromatic heterocycles. The van der Waals surface area contributed by atoms with Crippen LogP contribution in [0.25, 0.3) is 0 Å². The van der Waals surface area contributed by atoms with Crippen molar-refractivity contribution in [2.24, 2.45) is 0 Å². The summed E-state index contributed by atoms with van der Waals surface area (Å²) in [5, 5.41) is 0. The van der Waals surface area contributed by atoms with Crippen LogP contribution in [0.3, 0.4) is 0 Å². The maximum atomic E-state index is 12.5. The maximum Gasteiger partial charge on any atom is 0.193 e. The number of ether oxygens (including phenoxy) is 1. The number of nitrogens with two attached hydrogens (primary N) is 1. The molecule has 2 N–H and O–H groups in total. The zero-order valence-corrected chi connectivity index (χ0v) is 14.7. The van der Waals surface area contributed by atoms with Crippen LogP contribution in [-0.4, -0.2) is 12.4 Å². The lowest BCUT2D eigenvalue weighted by Crippen LogP contribution is -2.03. The number of carbonyl (C=O) groups excluding carboxylic acids is 1. The zero-order valence-electron chi connectivity index (χ0n) is 11.5. The molecule has 0 aliphatic carbocycles. The van der Waals surface area contributed by atoms with E-state index in [2.05, 4.69) is 31.9 Å². The molecule has 3 nitrogen and oxygen atoms in total. The first-order valence-electron chi connectivity index (χ1n) is 6.54. The van der Waals surface area contributed by atoms with Crippen LogP contribution in [0, 0.1) is 0 Å². The highest BCUT2D eigenvalue weighted by Gasteiger charge is 2.12. The standard InChI is InChI=1S/C16H15Br2NO2/c1-2-5-21-15-4-3-10(8-14(15)18)16(20)11-6-12(17)9-13(19)7-11/h3-4,6-9H,2,5,19H2,1H3. The number of halogens is 2. The van der Waals surface area contributed by atoms with Gasteiger partial charge in [-0.05, 0) is 58.7 Å². The molecule has 0 aliphatic rings. The SMILES string of the molecule is CCCOc1ccc(C(=O)c2cc(N)cc(Br)c2)cc1Br. The van der Waals surface area contributed by atoms with Crippen LogP contribution in [0.2, 0.25) is 0 Å². The molecule has 0 amide bonds. The highest BCUT2D eigenvalue weighted by molar-refractivity contribution is 9.10. The molecule has 0 saturated carbocycles. The molecule has 2 aromatic rings. The average molecular weight is 413 g/mol. The molecule has 2 aromatic carbocycles. The van der Waals surface area contributed by atoms with Crippen molar-refractivity contribution in [2.75, 3.05) is 12.3 Å². The lowest BCUT2D eigenvalue weighted by atomic mass is 10.0. The number of rotatable bonds is 5. The Bertz CT molecular complexity index is 651. The molecular formula is C16H15Br2NO2. The predicted octanol–water partition coefficient (Wildman–Crippen LogP) is 4.81. The second-order valence-electron chi connectivity index (χ2n) is 4.60. The topological polar surface area (TPSA) is 52.3 Å². The van der Waals surface area contributed by atoms with Gasteiger partial charge in [0.15, 0.2) is 5.78 Å². The fourth-order valence-electron chi connectivity index (χ4n) is 1.88. The highest BCUT2D eigenvalue weighted by atomic mass is 79.9. The van der Waals surface area contributed by atoms with E-state index in [9.17, 15) is 4.79 Å². The Labute approximate surface area is 140 Å². The molecule has 0 unspecified atom stereocenters. The van der Waals surface area contributed by atoms with Gasteiger partial charge in [0.05, 0.1) is 11.1 Å². The molecule has 110 valence electrons. The van der Waals surface area contributed by atoms with Gasteiger partial charge in [-0.3, -0.25) is 4.79 Å². The molecule has 0 fully saturated rings. The number of hydrogen-bond donors (Lipinski definition) is 1. The Morgan fingerprint density at radius 3 is 2.52 bits per heavy atom. The van der Waals surface area contributed by atoms with Crippen molar-refractivity contribution in [3.8, 4) is 5.75 Å². The first-order valence-corrected chi connectivity index (χ1v) is 8.13. The number of hydrogen-bond acceptors (Lipinski definition) is 3. The van der Waals surface area contributed by atoms with E-state index in [1.165, 1.54) is 0 Å². The van der Waals surface area contributed by atoms with Crippen LogP contribution in [-0.2, 0) is 0 Å². The van der Waals surface area contributed by atoms with Gasteiger partial charge in [0.25, 0.3) is 0 Å². The lowest BCUT2D eigenvalue weighted by molar-refractivity contribution is 0.103. The Balaban J connectivity index is 2.29. The lowest BCUT2D eigenvalue weighted by Gasteiger charge is -2.09. The number of anilines is 1. The van der Waals surface area contributed by atoms with Crippen LogP contribution in [0.5, 0.6) is 5.75 Å². The highest BCUT2D eigenvalue weighted by Crippen LogP contribution is 2.28. The van der Waals surface area contributed by atoms with Crippen molar-refractivity contribution in [2.45, 2.75) is 13.3 Å². The first kappa shape index (κ1) is 16.0. The van der Waals surface area contributed by atoms with Crippen LogP contribution >= 0.6 is 31.9 Å². The molecule has 0 bridgehead atoms. The van der Waals surface area contributed by atoms with Crippen LogP contribution in [0.1, 0.15) is 29.3 Å². The van der Waals surface area contributed by atoms with E-state index in [4.69, 9.17) is 10.5 Å². The number of nitrogen functional groups attached to an aromatic ring is 1. The van der Waals surface area contributed by atoms with Crippen LogP contribution in [0.15, 0.2) is 45.3 Å². The number of ketones is 1. The van der Waals surface area contributed by atoms with Gasteiger partial charge in [0.1, 0.15) is 5.75 Å². The number of benzene rings is 2. The smallest absolute Gasteiger partial charge is 0.193 e. The minimum atomic E-state index is -0.0780. The fraction of sp³-hybridized carbons (Fsp3) is 0.188. The molecule has 0 atom stereocenters. The van der Waals surface area contributed by atoms with Gasteiger partial charge in [-0.1, -0.05) is 22.9 Å². The first-order chi connectivity index (χ1) is 10.0. The predicted molar refractivity (Wildman–Crippen MR) is 91.9 cm³/mol. The Morgan fingerprint density at radius 2 is 1.90 bits per heavy atom. The Morgan fingerprint density at radius 1 is 1.14 bits per heavy atom. The van der Waals surface area contributed by atoms with E-state index in [1.54, 1.807) is 36.4 Å². The third-order valence-corrected chi connectivity index (χ3v) is 3.92. The summed E-state index contributed by atoms with van der Waals surface area (Å²) in [5.74, 6) is 0.660. The molecule has 2 rings (SSSR count). The summed E-state index contributed by atoms with van der Waals surface area (Å²) in [7, 11) is 0. The number of carbonyl (C=O) groups is 1. The summed E-state index contributed by atoms with van der Waals surface area (Å²) in [6.07, 6.45) is 0.935. The van der Waals surface area contributed by atoms with Gasteiger partial charge in [-0.25, -0.2) is 0 Å². The van der Waals surface area contributed by atoms with Crippen molar-refractivity contribution in [3.05, 3.63) is 56.5 Å². The van der Waals surface area contributed by atoms with E-state index in [1.807, 2.05) is 6.92 Å². The van der Waals surface area contributed by atoms with Crippen molar-refractivity contribution in [1.29, 1.82) is 0 Å². The summed E-state index contributed by atoms with van der Waals surface area (Å²) in [6.45, 7) is 2.69. The van der Waals surface area contributed by atoms with Gasteiger partial charge in [-0.2, -0.15) is 0 Å². The van der Waals surface area contributed by atoms with E-state index in [-0.39, 0.29) is 5.78 Å². The van der Waals surface area contributed by atoms with Gasteiger partial charge in [0, 0.05) is 21.3 Å². The van der Waals surface area contributed by atoms with Crippen molar-refractivity contribution in [3.63, 3.8) is 0 Å². The minimum absolute atomic E-state index is 0.0780. The maximum absolute atomic E-state index is 12.5. The van der Waals surface area contributed by atoms with Crippen molar-refractivity contribution < 1.29 is 9.53 Å². The minimum Gasteiger partial charge on any atom is -0.492 e. The van der Waals surface area contributed by atoms with Crippen LogP contribution in [0.4, 0.5) is 5.69 Å². The van der Waals surface area contributed by atoms with Gasteiger partial charge < -0.3 is 10.5 Å². The molecule has 5 heteroatoms. The third kappa shape index (κ3) is 4.08. The largest absolute Gasteiger partial charge is 0.492 e. The summed E-state index contributed by atoms with van der Waals surface area (Å²) in [5.41, 5.74) is 7.46. The summed E-state index contributed by atoms with van der Waals surface area (Å²) in [6, 6.07) is 10.5. The quantitative estimate of drug-likeness (QED) is 0.566. The second kappa shape index (κ2) is 7.09. The molecule has 21 heavy (non-hydrogen) atoms. The monoisotopic (exact) mass is 411 g/mol. The molecule has 0 saturated heterocycles. The van der Waals surface area contributed by atoms with E-state index < -0.39 is 0 Å². The van der Waals surface area contributed by atoms with Crippen LogP contribution < -0.4 is 10.5 Å². The molecule has 0 heterocycles. The van der Waals surface area contributed by atoms with Gasteiger partial charge in [-0.15, -0.1) is 0 Å². The zero-order chi connectivity index (χ0) is 15.4. The molecule has 0 radical (unpaired) electrons. The molecule has 0 aliphatic heterocycles. The molecular weight excluding hydrogens is 398 g/mol. The van der Waals surface area contributed by atoms with Gasteiger partial charge in [0.2, 0.25) is 0 Å². The van der Waals surface area contributed by atoms with Crippen molar-refractivity contribution >= 4 is 43.3 Å². The van der Waals surface area contributed by atoms with Gasteiger partial charge >= 0.3 is 0 Å². The summed E-state index contributed by atoms with van der Waals surface area (Å²) in [4.78, 5) is 12.5. The molecule has 0 spiro atoms. The average Bonchev–Trinajstić information content (AvgIpc) is 2.44. The Kier molecular flexibility index (Phi) is 5.42. The second-order valence-corrected chi connectivity index (χ2v) is 6.37. The Hall–Kier alpha value is -1.33. The van der Waals surface area contributed by atoms with E-state index in [0.29, 0.717) is 23.4 Å².